The predicted molar refractivity (Wildman–Crippen MR) is 72.0 cm³/mol. The molecule has 0 saturated heterocycles. The lowest BCUT2D eigenvalue weighted by molar-refractivity contribution is -0.384. The lowest BCUT2D eigenvalue weighted by Crippen LogP contribution is -2.45. The molecule has 0 saturated carbocycles. The monoisotopic (exact) mass is 299 g/mol. The average molecular weight is 299 g/mol. The van der Waals surface area contributed by atoms with E-state index in [4.69, 9.17) is 5.73 Å². The van der Waals surface area contributed by atoms with Crippen LogP contribution in [0.5, 0.6) is 0 Å². The van der Waals surface area contributed by atoms with Crippen LogP contribution in [0.2, 0.25) is 0 Å². The molecule has 1 aromatic rings. The molecule has 0 aliphatic rings. The maximum atomic E-state index is 11.8. The van der Waals surface area contributed by atoms with Crippen LogP contribution in [0.1, 0.15) is 5.56 Å². The fourth-order valence-electron chi connectivity index (χ4n) is 1.56. The van der Waals surface area contributed by atoms with E-state index < -0.39 is 24.5 Å². The van der Waals surface area contributed by atoms with Crippen molar-refractivity contribution in [2.24, 2.45) is 5.73 Å². The number of non-ortho nitro benzene ring substituents is 1. The van der Waals surface area contributed by atoms with Crippen molar-refractivity contribution >= 4 is 32.7 Å². The van der Waals surface area contributed by atoms with Crippen LogP contribution in [0, 0.1) is 21.4 Å². The molecule has 1 aromatic carbocycles. The predicted octanol–water partition coefficient (Wildman–Crippen LogP) is 0.644. The van der Waals surface area contributed by atoms with Gasteiger partial charge in [-0.15, -0.1) is 0 Å². The molecule has 0 radical (unpaired) electrons. The molecule has 1 unspecified atom stereocenters. The first-order chi connectivity index (χ1) is 8.66. The van der Waals surface area contributed by atoms with Crippen LogP contribution in [-0.2, 0) is 14.6 Å². The van der Waals surface area contributed by atoms with Gasteiger partial charge in [0.15, 0.2) is 9.84 Å². The van der Waals surface area contributed by atoms with Crippen LogP contribution >= 0.6 is 12.2 Å². The van der Waals surface area contributed by atoms with Crippen LogP contribution in [0.25, 0.3) is 0 Å². The van der Waals surface area contributed by atoms with E-state index in [1.54, 1.807) is 6.07 Å². The Hall–Kier alpha value is -2.05. The second-order valence-electron chi connectivity index (χ2n) is 3.73. The zero-order chi connectivity index (χ0) is 14.8. The van der Waals surface area contributed by atoms with Crippen LogP contribution in [-0.4, -0.2) is 24.6 Å². The first-order valence-corrected chi connectivity index (χ1v) is 7.12. The van der Waals surface area contributed by atoms with E-state index in [2.05, 4.69) is 12.2 Å². The molecule has 0 amide bonds. The second kappa shape index (κ2) is 4.91. The molecule has 0 heterocycles. The number of nitro groups is 1. The van der Waals surface area contributed by atoms with Crippen molar-refractivity contribution in [1.82, 2.24) is 0 Å². The Kier molecular flexibility index (Phi) is 3.88. The van der Waals surface area contributed by atoms with Gasteiger partial charge in [0.05, 0.1) is 11.0 Å². The van der Waals surface area contributed by atoms with Crippen molar-refractivity contribution in [3.05, 3.63) is 39.9 Å². The summed E-state index contributed by atoms with van der Waals surface area (Å²) in [5.74, 6) is 0. The highest BCUT2D eigenvalue weighted by Gasteiger charge is 2.46. The zero-order valence-electron chi connectivity index (χ0n) is 9.73. The van der Waals surface area contributed by atoms with Gasteiger partial charge in [-0.1, -0.05) is 12.2 Å². The quantitative estimate of drug-likeness (QED) is 0.491. The van der Waals surface area contributed by atoms with Crippen molar-refractivity contribution in [2.75, 3.05) is 6.26 Å². The minimum atomic E-state index is -3.96. The molecule has 0 aliphatic heterocycles. The number of sulfone groups is 1. The van der Waals surface area contributed by atoms with Crippen molar-refractivity contribution in [3.63, 3.8) is 0 Å². The first kappa shape index (κ1) is 15.0. The normalized spacial score (nSPS) is 14.1. The van der Waals surface area contributed by atoms with Crippen LogP contribution in [0.4, 0.5) is 5.69 Å². The lowest BCUT2D eigenvalue weighted by atomic mass is 9.99. The van der Waals surface area contributed by atoms with Crippen molar-refractivity contribution in [3.8, 4) is 6.07 Å². The van der Waals surface area contributed by atoms with E-state index in [9.17, 15) is 23.8 Å². The number of nitrogens with two attached hydrogens (primary N) is 1. The van der Waals surface area contributed by atoms with E-state index in [0.29, 0.717) is 0 Å². The Balaban J connectivity index is 3.57. The fourth-order valence-corrected chi connectivity index (χ4v) is 3.27. The standard InChI is InChI=1S/C10H9N3O4S2/c1-19(16,17)10(6-11,9(12)18)7-2-4-8(5-3-7)13(14)15/h2-5H,1H3,(H2,12,18). The van der Waals surface area contributed by atoms with Crippen molar-refractivity contribution in [2.45, 2.75) is 4.75 Å². The molecular weight excluding hydrogens is 290 g/mol. The molecule has 19 heavy (non-hydrogen) atoms. The minimum absolute atomic E-state index is 0.0180. The molecule has 1 rings (SSSR count). The summed E-state index contributed by atoms with van der Waals surface area (Å²) in [6.07, 6.45) is 0.830. The summed E-state index contributed by atoms with van der Waals surface area (Å²) in [6, 6.07) is 6.08. The molecule has 2 N–H and O–H groups in total. The highest BCUT2D eigenvalue weighted by molar-refractivity contribution is 7.94. The van der Waals surface area contributed by atoms with Gasteiger partial charge >= 0.3 is 0 Å². The van der Waals surface area contributed by atoms with Crippen LogP contribution < -0.4 is 5.73 Å². The summed E-state index contributed by atoms with van der Waals surface area (Å²) in [5.41, 5.74) is 5.15. The topological polar surface area (TPSA) is 127 Å². The van der Waals surface area contributed by atoms with Gasteiger partial charge in [-0.05, 0) is 17.7 Å². The Labute approximate surface area is 114 Å². The smallest absolute Gasteiger partial charge is 0.269 e. The maximum absolute atomic E-state index is 11.8. The minimum Gasteiger partial charge on any atom is -0.391 e. The van der Waals surface area contributed by atoms with Crippen LogP contribution in [0.15, 0.2) is 24.3 Å². The Morgan fingerprint density at radius 1 is 1.47 bits per heavy atom. The molecule has 0 aliphatic carbocycles. The average Bonchev–Trinajstić information content (AvgIpc) is 2.28. The van der Waals surface area contributed by atoms with Crippen molar-refractivity contribution in [1.29, 1.82) is 5.26 Å². The van der Waals surface area contributed by atoms with Crippen LogP contribution in [0.3, 0.4) is 0 Å². The molecule has 0 bridgehead atoms. The van der Waals surface area contributed by atoms with E-state index in [0.717, 1.165) is 30.5 Å². The summed E-state index contributed by atoms with van der Waals surface area (Å²) >= 11 is 4.69. The third kappa shape index (κ3) is 2.40. The number of thiocarbonyl (C=S) groups is 1. The molecule has 100 valence electrons. The molecular formula is C10H9N3O4S2. The van der Waals surface area contributed by atoms with Gasteiger partial charge in [-0.3, -0.25) is 10.1 Å². The Morgan fingerprint density at radius 3 is 2.21 bits per heavy atom. The number of nitrogens with zero attached hydrogens (tertiary/aromatic N) is 2. The number of hydrogen-bond acceptors (Lipinski definition) is 6. The molecule has 0 spiro atoms. The van der Waals surface area contributed by atoms with E-state index in [-0.39, 0.29) is 11.3 Å². The van der Waals surface area contributed by atoms with Gasteiger partial charge in [0, 0.05) is 18.4 Å². The largest absolute Gasteiger partial charge is 0.391 e. The molecule has 0 aromatic heterocycles. The molecule has 9 heteroatoms. The van der Waals surface area contributed by atoms with Gasteiger partial charge < -0.3 is 5.73 Å². The van der Waals surface area contributed by atoms with Gasteiger partial charge in [-0.2, -0.15) is 5.26 Å². The van der Waals surface area contributed by atoms with Gasteiger partial charge in [0.1, 0.15) is 4.99 Å². The highest BCUT2D eigenvalue weighted by Crippen LogP contribution is 2.31. The Bertz CT molecular complexity index is 676. The third-order valence-electron chi connectivity index (χ3n) is 2.55. The Morgan fingerprint density at radius 2 is 1.95 bits per heavy atom. The van der Waals surface area contributed by atoms with E-state index >= 15 is 0 Å². The van der Waals surface area contributed by atoms with Crippen molar-refractivity contribution < 1.29 is 13.3 Å². The number of nitriles is 1. The summed E-state index contributed by atoms with van der Waals surface area (Å²) in [5, 5.41) is 19.7. The molecule has 1 atom stereocenters. The fraction of sp³-hybridized carbons (Fsp3) is 0.200. The van der Waals surface area contributed by atoms with E-state index in [1.807, 2.05) is 0 Å². The molecule has 0 fully saturated rings. The zero-order valence-corrected chi connectivity index (χ0v) is 11.4. The number of rotatable bonds is 4. The summed E-state index contributed by atoms with van der Waals surface area (Å²) in [4.78, 5) is 9.37. The number of benzene rings is 1. The van der Waals surface area contributed by atoms with E-state index in [1.165, 1.54) is 0 Å². The summed E-state index contributed by atoms with van der Waals surface area (Å²) in [7, 11) is -3.96. The lowest BCUT2D eigenvalue weighted by Gasteiger charge is -2.23. The third-order valence-corrected chi connectivity index (χ3v) is 4.64. The first-order valence-electron chi connectivity index (χ1n) is 4.82. The SMILES string of the molecule is CS(=O)(=O)C(C#N)(C(N)=S)c1ccc([N+](=O)[O-])cc1. The van der Waals surface area contributed by atoms with Gasteiger partial charge in [-0.25, -0.2) is 8.42 Å². The maximum Gasteiger partial charge on any atom is 0.269 e. The second-order valence-corrected chi connectivity index (χ2v) is 6.33. The number of hydrogen-bond donors (Lipinski definition) is 1. The van der Waals surface area contributed by atoms with Gasteiger partial charge in [0.2, 0.25) is 4.75 Å². The van der Waals surface area contributed by atoms with Gasteiger partial charge in [0.25, 0.3) is 5.69 Å². The number of nitro benzene ring substituents is 1. The summed E-state index contributed by atoms with van der Waals surface area (Å²) in [6.45, 7) is 0. The highest BCUT2D eigenvalue weighted by atomic mass is 32.2. The molecule has 7 nitrogen and oxygen atoms in total. The summed E-state index contributed by atoms with van der Waals surface area (Å²) < 4.78 is 21.5.